The number of aliphatic carboxylic acids is 1. The Hall–Kier alpha value is -2.50. The highest BCUT2D eigenvalue weighted by Crippen LogP contribution is 2.32. The molecule has 3 aromatic rings. The van der Waals surface area contributed by atoms with Crippen molar-refractivity contribution in [1.29, 1.82) is 0 Å². The van der Waals surface area contributed by atoms with E-state index < -0.39 is 5.97 Å². The molecule has 4 nitrogen and oxygen atoms in total. The zero-order chi connectivity index (χ0) is 26.5. The smallest absolute Gasteiger partial charge is 0.303 e. The van der Waals surface area contributed by atoms with Crippen LogP contribution in [-0.2, 0) is 11.2 Å². The van der Waals surface area contributed by atoms with E-state index in [4.69, 9.17) is 5.11 Å². The van der Waals surface area contributed by atoms with Crippen molar-refractivity contribution in [2.24, 2.45) is 0 Å². The molecule has 2 N–H and O–H groups in total. The third kappa shape index (κ3) is 9.71. The Bertz CT molecular complexity index is 1120. The first-order valence-electron chi connectivity index (χ1n) is 13.9. The number of hydrogen-bond donors (Lipinski definition) is 2. The summed E-state index contributed by atoms with van der Waals surface area (Å²) in [5, 5.41) is 9.63. The average molecular weight is 521 g/mol. The number of rotatable bonds is 12. The van der Waals surface area contributed by atoms with Crippen LogP contribution in [0.3, 0.4) is 0 Å². The predicted octanol–water partition coefficient (Wildman–Crippen LogP) is 8.43. The van der Waals surface area contributed by atoms with Crippen molar-refractivity contribution in [2.45, 2.75) is 83.1 Å². The van der Waals surface area contributed by atoms with E-state index >= 15 is 0 Å². The summed E-state index contributed by atoms with van der Waals surface area (Å²) in [6, 6.07) is 18.2. The van der Waals surface area contributed by atoms with Gasteiger partial charge in [-0.15, -0.1) is 11.8 Å². The standard InChI is InChI=1S/C24H28N2S.C8H16O2/c1-18(2)26-13-10-20(11-14-26)23-17-25-24-9-8-21(16-22(23)24)27-15-12-19-6-4-3-5-7-19;1-2-3-4-5-6-7-8(9)10/h3-10,16-18,25H,11-15H2,1-2H3;2-7H2,1H3,(H,9,10). The fourth-order valence-corrected chi connectivity index (χ4v) is 5.60. The Morgan fingerprint density at radius 2 is 1.86 bits per heavy atom. The molecule has 1 aromatic heterocycles. The molecule has 4 rings (SSSR count). The summed E-state index contributed by atoms with van der Waals surface area (Å²) >= 11 is 1.95. The SMILES string of the molecule is CC(C)N1CC=C(c2c[nH]c3ccc(SCCc4ccccc4)cc23)CC1.CCCCCCCC(=O)O. The minimum Gasteiger partial charge on any atom is -0.481 e. The Morgan fingerprint density at radius 3 is 2.54 bits per heavy atom. The van der Waals surface area contributed by atoms with Gasteiger partial charge in [-0.25, -0.2) is 0 Å². The molecule has 0 bridgehead atoms. The molecule has 1 aliphatic heterocycles. The number of carboxylic acid groups (broad SMARTS) is 1. The highest BCUT2D eigenvalue weighted by atomic mass is 32.2. The molecule has 2 heterocycles. The number of carbonyl (C=O) groups is 1. The number of aryl methyl sites for hydroxylation is 1. The van der Waals surface area contributed by atoms with E-state index in [1.807, 2.05) is 11.8 Å². The summed E-state index contributed by atoms with van der Waals surface area (Å²) in [5.74, 6) is 0.443. The van der Waals surface area contributed by atoms with Crippen LogP contribution in [0.2, 0.25) is 0 Å². The molecule has 0 aliphatic carbocycles. The van der Waals surface area contributed by atoms with Gasteiger partial charge in [-0.2, -0.15) is 0 Å². The first kappa shape index (κ1) is 29.1. The Morgan fingerprint density at radius 1 is 1.08 bits per heavy atom. The molecular formula is C32H44N2O2S. The van der Waals surface area contributed by atoms with Gasteiger partial charge in [0.15, 0.2) is 0 Å². The van der Waals surface area contributed by atoms with Gasteiger partial charge in [-0.1, -0.05) is 69.0 Å². The average Bonchev–Trinajstić information content (AvgIpc) is 3.33. The molecule has 0 fully saturated rings. The number of hydrogen-bond acceptors (Lipinski definition) is 3. The number of aromatic nitrogens is 1. The van der Waals surface area contributed by atoms with Crippen molar-refractivity contribution in [3.05, 3.63) is 71.9 Å². The summed E-state index contributed by atoms with van der Waals surface area (Å²) in [7, 11) is 0. The first-order chi connectivity index (χ1) is 18.0. The zero-order valence-corrected chi connectivity index (χ0v) is 23.7. The molecule has 5 heteroatoms. The number of fused-ring (bicyclic) bond motifs is 1. The number of aromatic amines is 1. The van der Waals surface area contributed by atoms with Gasteiger partial charge in [0.1, 0.15) is 0 Å². The summed E-state index contributed by atoms with van der Waals surface area (Å²) in [6.45, 7) is 8.93. The van der Waals surface area contributed by atoms with Crippen LogP contribution in [-0.4, -0.2) is 45.8 Å². The topological polar surface area (TPSA) is 56.3 Å². The lowest BCUT2D eigenvalue weighted by Crippen LogP contribution is -2.34. The molecule has 0 saturated heterocycles. The van der Waals surface area contributed by atoms with Crippen molar-refractivity contribution in [3.63, 3.8) is 0 Å². The third-order valence-electron chi connectivity index (χ3n) is 6.97. The van der Waals surface area contributed by atoms with E-state index in [1.165, 1.54) is 51.8 Å². The van der Waals surface area contributed by atoms with Crippen LogP contribution in [0.4, 0.5) is 0 Å². The van der Waals surface area contributed by atoms with E-state index in [1.54, 1.807) is 0 Å². The molecular weight excluding hydrogens is 476 g/mol. The fourth-order valence-electron chi connectivity index (χ4n) is 4.66. The van der Waals surface area contributed by atoms with E-state index in [-0.39, 0.29) is 0 Å². The molecule has 0 amide bonds. The maximum Gasteiger partial charge on any atom is 0.303 e. The summed E-state index contributed by atoms with van der Waals surface area (Å²) in [4.78, 5) is 17.4. The third-order valence-corrected chi connectivity index (χ3v) is 7.96. The summed E-state index contributed by atoms with van der Waals surface area (Å²) in [6.07, 6.45) is 12.7. The number of thioether (sulfide) groups is 1. The Kier molecular flexibility index (Phi) is 12.3. The van der Waals surface area contributed by atoms with Crippen molar-refractivity contribution < 1.29 is 9.90 Å². The second-order valence-corrected chi connectivity index (χ2v) is 11.3. The van der Waals surface area contributed by atoms with E-state index in [0.29, 0.717) is 12.5 Å². The molecule has 2 aromatic carbocycles. The van der Waals surface area contributed by atoms with Crippen molar-refractivity contribution >= 4 is 34.2 Å². The minimum atomic E-state index is -0.670. The van der Waals surface area contributed by atoms with Gasteiger partial charge in [-0.3, -0.25) is 9.69 Å². The molecule has 37 heavy (non-hydrogen) atoms. The lowest BCUT2D eigenvalue weighted by Gasteiger charge is -2.29. The van der Waals surface area contributed by atoms with Crippen LogP contribution in [0, 0.1) is 0 Å². The van der Waals surface area contributed by atoms with Crippen molar-refractivity contribution in [2.75, 3.05) is 18.8 Å². The van der Waals surface area contributed by atoms with E-state index in [0.717, 1.165) is 44.5 Å². The lowest BCUT2D eigenvalue weighted by atomic mass is 9.98. The van der Waals surface area contributed by atoms with E-state index in [9.17, 15) is 4.79 Å². The molecule has 200 valence electrons. The van der Waals surface area contributed by atoms with Crippen LogP contribution in [0.5, 0.6) is 0 Å². The largest absolute Gasteiger partial charge is 0.481 e. The maximum absolute atomic E-state index is 10.0. The predicted molar refractivity (Wildman–Crippen MR) is 159 cm³/mol. The number of H-pyrrole nitrogens is 1. The van der Waals surface area contributed by atoms with Gasteiger partial charge in [-0.05, 0) is 62.4 Å². The van der Waals surface area contributed by atoms with Gasteiger partial charge in [0, 0.05) is 58.9 Å². The van der Waals surface area contributed by atoms with Gasteiger partial charge in [0.2, 0.25) is 0 Å². The number of carboxylic acids is 1. The lowest BCUT2D eigenvalue weighted by molar-refractivity contribution is -0.137. The van der Waals surface area contributed by atoms with Crippen LogP contribution in [0.1, 0.15) is 76.8 Å². The van der Waals surface area contributed by atoms with Crippen molar-refractivity contribution in [1.82, 2.24) is 9.88 Å². The van der Waals surface area contributed by atoms with Gasteiger partial charge in [0.25, 0.3) is 0 Å². The number of unbranched alkanes of at least 4 members (excludes halogenated alkanes) is 4. The number of benzene rings is 2. The second-order valence-electron chi connectivity index (χ2n) is 10.1. The van der Waals surface area contributed by atoms with Crippen LogP contribution in [0.25, 0.3) is 16.5 Å². The number of nitrogens with one attached hydrogen (secondary N) is 1. The highest BCUT2D eigenvalue weighted by molar-refractivity contribution is 7.99. The molecule has 0 spiro atoms. The normalized spacial score (nSPS) is 13.9. The second kappa shape index (κ2) is 15.7. The summed E-state index contributed by atoms with van der Waals surface area (Å²) in [5.41, 5.74) is 5.53. The zero-order valence-electron chi connectivity index (χ0n) is 22.8. The highest BCUT2D eigenvalue weighted by Gasteiger charge is 2.17. The van der Waals surface area contributed by atoms with E-state index in [2.05, 4.69) is 91.5 Å². The van der Waals surface area contributed by atoms with Crippen molar-refractivity contribution in [3.8, 4) is 0 Å². The number of nitrogens with zero attached hydrogens (tertiary/aromatic N) is 1. The molecule has 0 saturated carbocycles. The maximum atomic E-state index is 10.0. The van der Waals surface area contributed by atoms with Gasteiger partial charge >= 0.3 is 5.97 Å². The first-order valence-corrected chi connectivity index (χ1v) is 14.9. The Balaban J connectivity index is 0.000000325. The quantitative estimate of drug-likeness (QED) is 0.186. The Labute approximate surface area is 227 Å². The van der Waals surface area contributed by atoms with Gasteiger partial charge in [0.05, 0.1) is 0 Å². The van der Waals surface area contributed by atoms with Gasteiger partial charge < -0.3 is 10.1 Å². The van der Waals surface area contributed by atoms with Crippen LogP contribution >= 0.6 is 11.8 Å². The molecule has 0 atom stereocenters. The fraction of sp³-hybridized carbons (Fsp3) is 0.469. The molecule has 0 radical (unpaired) electrons. The molecule has 1 aliphatic rings. The molecule has 0 unspecified atom stereocenters. The minimum absolute atomic E-state index is 0.337. The van der Waals surface area contributed by atoms with Crippen LogP contribution < -0.4 is 0 Å². The monoisotopic (exact) mass is 520 g/mol. The summed E-state index contributed by atoms with van der Waals surface area (Å²) < 4.78 is 0. The van der Waals surface area contributed by atoms with Crippen LogP contribution in [0.15, 0.2) is 65.7 Å².